The Morgan fingerprint density at radius 1 is 1.21 bits per heavy atom. The van der Waals surface area contributed by atoms with Gasteiger partial charge in [0.15, 0.2) is 0 Å². The van der Waals surface area contributed by atoms with Crippen LogP contribution in [0.15, 0.2) is 0 Å². The molecule has 0 aromatic heterocycles. The number of sulfonamides is 1. The van der Waals surface area contributed by atoms with Crippen LogP contribution in [0.25, 0.3) is 0 Å². The predicted molar refractivity (Wildman–Crippen MR) is 63.3 cm³/mol. The summed E-state index contributed by atoms with van der Waals surface area (Å²) in [5.74, 6) is 1.34. The van der Waals surface area contributed by atoms with Crippen LogP contribution in [0.5, 0.6) is 0 Å². The van der Waals surface area contributed by atoms with Gasteiger partial charge in [-0.3, -0.25) is 0 Å². The van der Waals surface area contributed by atoms with E-state index in [0.717, 1.165) is 13.0 Å². The molecule has 0 aliphatic heterocycles. The molecule has 0 heterocycles. The van der Waals surface area contributed by atoms with E-state index in [-0.39, 0.29) is 5.75 Å². The maximum atomic E-state index is 11.0. The third-order valence-corrected chi connectivity index (χ3v) is 3.87. The lowest BCUT2D eigenvalue weighted by Crippen LogP contribution is -2.30. The van der Waals surface area contributed by atoms with Crippen molar-refractivity contribution in [3.63, 3.8) is 0 Å². The van der Waals surface area contributed by atoms with Crippen LogP contribution in [-0.4, -0.2) is 46.3 Å². The minimum Gasteiger partial charge on any atom is -0.316 e. The van der Waals surface area contributed by atoms with Gasteiger partial charge in [-0.2, -0.15) is 11.8 Å². The molecule has 0 amide bonds. The average Bonchev–Trinajstić information content (AvgIpc) is 2.16. The summed E-state index contributed by atoms with van der Waals surface area (Å²) in [4.78, 5) is 0. The molecule has 14 heavy (non-hydrogen) atoms. The molecule has 0 saturated heterocycles. The maximum Gasteiger partial charge on any atom is 0.212 e. The zero-order valence-electron chi connectivity index (χ0n) is 8.88. The van der Waals surface area contributed by atoms with Gasteiger partial charge >= 0.3 is 0 Å². The van der Waals surface area contributed by atoms with Crippen LogP contribution in [0.2, 0.25) is 0 Å². The monoisotopic (exact) mass is 240 g/mol. The summed E-state index contributed by atoms with van der Waals surface area (Å²) in [7, 11) is -1.60. The van der Waals surface area contributed by atoms with Gasteiger partial charge in [0, 0.05) is 6.54 Å². The molecule has 0 rings (SSSR count). The quantitative estimate of drug-likeness (QED) is 0.568. The number of nitrogens with one attached hydrogen (secondary N) is 2. The summed E-state index contributed by atoms with van der Waals surface area (Å²) < 4.78 is 24.2. The summed E-state index contributed by atoms with van der Waals surface area (Å²) in [5, 5.41) is 3.11. The molecule has 2 N–H and O–H groups in total. The zero-order valence-corrected chi connectivity index (χ0v) is 10.5. The van der Waals surface area contributed by atoms with E-state index in [4.69, 9.17) is 0 Å². The van der Waals surface area contributed by atoms with E-state index in [1.165, 1.54) is 19.2 Å². The molecule has 0 aliphatic rings. The molecular weight excluding hydrogens is 220 g/mol. The first-order valence-corrected chi connectivity index (χ1v) is 7.78. The molecule has 6 heteroatoms. The number of hydrogen-bond donors (Lipinski definition) is 2. The molecule has 0 aliphatic carbocycles. The van der Waals surface area contributed by atoms with E-state index in [1.807, 2.05) is 11.8 Å². The largest absolute Gasteiger partial charge is 0.316 e. The number of thioether (sulfide) groups is 1. The first-order chi connectivity index (χ1) is 6.62. The fourth-order valence-corrected chi connectivity index (χ4v) is 2.04. The summed E-state index contributed by atoms with van der Waals surface area (Å²) in [5.41, 5.74) is 0. The van der Waals surface area contributed by atoms with Gasteiger partial charge in [-0.1, -0.05) is 0 Å². The Balaban J connectivity index is 3.22. The number of hydrogen-bond acceptors (Lipinski definition) is 4. The number of unbranched alkanes of at least 4 members (excludes halogenated alkanes) is 1. The summed E-state index contributed by atoms with van der Waals surface area (Å²) in [6, 6.07) is 0. The van der Waals surface area contributed by atoms with Crippen LogP contribution in [0, 0.1) is 0 Å². The lowest BCUT2D eigenvalue weighted by molar-refractivity contribution is 0.581. The second-order valence-electron chi connectivity index (χ2n) is 2.97. The van der Waals surface area contributed by atoms with E-state index in [9.17, 15) is 8.42 Å². The van der Waals surface area contributed by atoms with Crippen LogP contribution in [0.3, 0.4) is 0 Å². The molecule has 0 aromatic carbocycles. The second kappa shape index (κ2) is 8.52. The first-order valence-electron chi connectivity index (χ1n) is 4.73. The van der Waals surface area contributed by atoms with Crippen LogP contribution in [-0.2, 0) is 10.0 Å². The maximum absolute atomic E-state index is 11.0. The van der Waals surface area contributed by atoms with Gasteiger partial charge in [-0.05, 0) is 38.4 Å². The summed E-state index contributed by atoms with van der Waals surface area (Å²) in [6.45, 7) is 1.43. The van der Waals surface area contributed by atoms with Crippen LogP contribution in [0.1, 0.15) is 12.8 Å². The third kappa shape index (κ3) is 8.80. The third-order valence-electron chi connectivity index (χ3n) is 1.81. The van der Waals surface area contributed by atoms with E-state index in [2.05, 4.69) is 16.3 Å². The van der Waals surface area contributed by atoms with Crippen molar-refractivity contribution in [2.75, 3.05) is 37.9 Å². The van der Waals surface area contributed by atoms with Crippen molar-refractivity contribution in [2.24, 2.45) is 0 Å². The minimum atomic E-state index is -3.03. The molecule has 0 saturated carbocycles. The predicted octanol–water partition coefficient (Wildman–Crippen LogP) is 0.268. The molecule has 0 radical (unpaired) electrons. The van der Waals surface area contributed by atoms with E-state index >= 15 is 0 Å². The fraction of sp³-hybridized carbons (Fsp3) is 1.00. The van der Waals surface area contributed by atoms with Crippen molar-refractivity contribution in [1.82, 2.24) is 10.0 Å². The van der Waals surface area contributed by atoms with E-state index < -0.39 is 10.0 Å². The highest BCUT2D eigenvalue weighted by Gasteiger charge is 2.04. The molecule has 0 aromatic rings. The SMILES string of the molecule is CNS(=O)(=O)CCNCCCCSC. The minimum absolute atomic E-state index is 0.159. The number of rotatable bonds is 9. The lowest BCUT2D eigenvalue weighted by atomic mass is 10.3. The molecule has 0 spiro atoms. The zero-order chi connectivity index (χ0) is 10.9. The lowest BCUT2D eigenvalue weighted by Gasteiger charge is -2.04. The molecule has 0 unspecified atom stereocenters. The highest BCUT2D eigenvalue weighted by atomic mass is 32.2. The van der Waals surface area contributed by atoms with Crippen molar-refractivity contribution >= 4 is 21.8 Å². The highest BCUT2D eigenvalue weighted by molar-refractivity contribution is 7.98. The van der Waals surface area contributed by atoms with Crippen molar-refractivity contribution in [2.45, 2.75) is 12.8 Å². The summed E-state index contributed by atoms with van der Waals surface area (Å²) >= 11 is 1.84. The van der Waals surface area contributed by atoms with E-state index in [0.29, 0.717) is 6.54 Å². The van der Waals surface area contributed by atoms with Crippen molar-refractivity contribution in [3.05, 3.63) is 0 Å². The smallest absolute Gasteiger partial charge is 0.212 e. The molecule has 0 bridgehead atoms. The highest BCUT2D eigenvalue weighted by Crippen LogP contribution is 1.97. The van der Waals surface area contributed by atoms with Gasteiger partial charge in [0.1, 0.15) is 0 Å². The van der Waals surface area contributed by atoms with Gasteiger partial charge in [0.25, 0.3) is 0 Å². The normalized spacial score (nSPS) is 11.9. The molecule has 86 valence electrons. The summed E-state index contributed by atoms with van der Waals surface area (Å²) in [6.07, 6.45) is 4.39. The Labute approximate surface area is 91.3 Å². The average molecular weight is 240 g/mol. The Bertz CT molecular complexity index is 217. The van der Waals surface area contributed by atoms with Gasteiger partial charge in [-0.15, -0.1) is 0 Å². The Hall–Kier alpha value is 0.220. The molecule has 4 nitrogen and oxygen atoms in total. The van der Waals surface area contributed by atoms with Gasteiger partial charge in [0.2, 0.25) is 10.0 Å². The van der Waals surface area contributed by atoms with Crippen LogP contribution >= 0.6 is 11.8 Å². The van der Waals surface area contributed by atoms with E-state index in [1.54, 1.807) is 0 Å². The van der Waals surface area contributed by atoms with Gasteiger partial charge in [-0.25, -0.2) is 13.1 Å². The van der Waals surface area contributed by atoms with Crippen molar-refractivity contribution in [3.8, 4) is 0 Å². The second-order valence-corrected chi connectivity index (χ2v) is 6.00. The Morgan fingerprint density at radius 3 is 2.50 bits per heavy atom. The first kappa shape index (κ1) is 14.2. The standard InChI is InChI=1S/C8H20N2O2S2/c1-9-14(11,12)8-6-10-5-3-4-7-13-2/h9-10H,3-8H2,1-2H3. The van der Waals surface area contributed by atoms with Crippen molar-refractivity contribution < 1.29 is 8.42 Å². The van der Waals surface area contributed by atoms with Gasteiger partial charge < -0.3 is 5.32 Å². The molecule has 0 fully saturated rings. The molecule has 0 atom stereocenters. The Kier molecular flexibility index (Phi) is 8.66. The topological polar surface area (TPSA) is 58.2 Å². The van der Waals surface area contributed by atoms with Crippen LogP contribution in [0.4, 0.5) is 0 Å². The van der Waals surface area contributed by atoms with Crippen LogP contribution < -0.4 is 10.0 Å². The van der Waals surface area contributed by atoms with Crippen molar-refractivity contribution in [1.29, 1.82) is 0 Å². The van der Waals surface area contributed by atoms with Gasteiger partial charge in [0.05, 0.1) is 5.75 Å². The molecular formula is C8H20N2O2S2. The Morgan fingerprint density at radius 2 is 1.93 bits per heavy atom. The fourth-order valence-electron chi connectivity index (χ4n) is 0.930.